The number of nitrogens with one attached hydrogen (secondary N) is 1. The van der Waals surface area contributed by atoms with Crippen LogP contribution in [0, 0.1) is 0 Å². The Hall–Kier alpha value is -3.55. The summed E-state index contributed by atoms with van der Waals surface area (Å²) in [6.07, 6.45) is 11.3. The third kappa shape index (κ3) is 2.71. The van der Waals surface area contributed by atoms with Crippen LogP contribution < -0.4 is 9.80 Å². The van der Waals surface area contributed by atoms with Gasteiger partial charge in [0.2, 0.25) is 5.95 Å². The molecule has 0 bridgehead atoms. The number of aromatic nitrogens is 6. The molecule has 0 radical (unpaired) electrons. The lowest BCUT2D eigenvalue weighted by Crippen LogP contribution is -2.47. The quantitative estimate of drug-likeness (QED) is 0.567. The van der Waals surface area contributed by atoms with Crippen LogP contribution in [0.25, 0.3) is 22.2 Å². The molecule has 6 rings (SSSR count). The number of aromatic amines is 1. The molecule has 1 aliphatic heterocycles. The maximum atomic E-state index is 4.96. The molecule has 4 aromatic heterocycles. The summed E-state index contributed by atoms with van der Waals surface area (Å²) in [4.78, 5) is 23.0. The predicted octanol–water partition coefficient (Wildman–Crippen LogP) is 2.24. The largest absolute Gasteiger partial charge is 0.368 e. The van der Waals surface area contributed by atoms with Crippen LogP contribution in [0.4, 0.5) is 11.6 Å². The zero-order valence-corrected chi connectivity index (χ0v) is 15.9. The first-order chi connectivity index (χ1) is 14.4. The molecule has 8 nitrogen and oxygen atoms in total. The van der Waals surface area contributed by atoms with Gasteiger partial charge in [0.1, 0.15) is 0 Å². The molecule has 1 fully saturated rings. The van der Waals surface area contributed by atoms with E-state index in [0.29, 0.717) is 0 Å². The monoisotopic (exact) mass is 384 g/mol. The van der Waals surface area contributed by atoms with Crippen molar-refractivity contribution in [3.63, 3.8) is 0 Å². The summed E-state index contributed by atoms with van der Waals surface area (Å²) in [5.41, 5.74) is 6.69. The minimum atomic E-state index is 0.813. The third-order valence-electron chi connectivity index (χ3n) is 5.91. The molecule has 144 valence electrons. The van der Waals surface area contributed by atoms with Crippen LogP contribution in [0.15, 0.2) is 43.1 Å². The van der Waals surface area contributed by atoms with Gasteiger partial charge in [0.15, 0.2) is 5.65 Å². The molecule has 1 saturated heterocycles. The number of H-pyrrole nitrogens is 1. The van der Waals surface area contributed by atoms with Crippen molar-refractivity contribution in [3.8, 4) is 11.1 Å². The first-order valence-electron chi connectivity index (χ1n) is 9.94. The highest BCUT2D eigenvalue weighted by atomic mass is 15.3. The molecule has 0 aromatic carbocycles. The fraction of sp³-hybridized carbons (Fsp3) is 0.286. The number of rotatable bonds is 2. The van der Waals surface area contributed by atoms with Gasteiger partial charge < -0.3 is 9.80 Å². The smallest absolute Gasteiger partial charge is 0.225 e. The number of hydrogen-bond acceptors (Lipinski definition) is 7. The van der Waals surface area contributed by atoms with Gasteiger partial charge in [-0.1, -0.05) is 0 Å². The number of nitrogens with zero attached hydrogens (tertiary/aromatic N) is 7. The zero-order chi connectivity index (χ0) is 19.2. The Morgan fingerprint density at radius 3 is 2.55 bits per heavy atom. The average Bonchev–Trinajstić information content (AvgIpc) is 3.28. The molecule has 0 saturated carbocycles. The SMILES string of the molecule is c1cc(N2CCN(c3ncc4c(n3)CCc3cnc5[nH]ncc5c3-4)CC2)ccn1. The van der Waals surface area contributed by atoms with Crippen LogP contribution in [0.3, 0.4) is 0 Å². The average molecular weight is 384 g/mol. The van der Waals surface area contributed by atoms with Crippen molar-refractivity contribution in [2.24, 2.45) is 0 Å². The number of anilines is 2. The summed E-state index contributed by atoms with van der Waals surface area (Å²) < 4.78 is 0. The molecular weight excluding hydrogens is 364 g/mol. The first kappa shape index (κ1) is 16.4. The normalized spacial score (nSPS) is 16.0. The Kier molecular flexibility index (Phi) is 3.68. The van der Waals surface area contributed by atoms with Gasteiger partial charge in [0, 0.05) is 73.2 Å². The van der Waals surface area contributed by atoms with E-state index >= 15 is 0 Å². The Morgan fingerprint density at radius 2 is 1.69 bits per heavy atom. The number of hydrogen-bond donors (Lipinski definition) is 1. The van der Waals surface area contributed by atoms with Crippen molar-refractivity contribution in [1.29, 1.82) is 0 Å². The highest BCUT2D eigenvalue weighted by Gasteiger charge is 2.24. The molecule has 1 aliphatic carbocycles. The zero-order valence-electron chi connectivity index (χ0n) is 15.9. The molecule has 1 N–H and O–H groups in total. The lowest BCUT2D eigenvalue weighted by atomic mass is 9.89. The van der Waals surface area contributed by atoms with Crippen LogP contribution in [0.5, 0.6) is 0 Å². The highest BCUT2D eigenvalue weighted by Crippen LogP contribution is 2.37. The van der Waals surface area contributed by atoms with Crippen molar-refractivity contribution in [3.05, 3.63) is 54.4 Å². The van der Waals surface area contributed by atoms with Gasteiger partial charge >= 0.3 is 0 Å². The molecule has 2 aliphatic rings. The number of aryl methyl sites for hydroxylation is 2. The topological polar surface area (TPSA) is 86.7 Å². The van der Waals surface area contributed by atoms with E-state index < -0.39 is 0 Å². The van der Waals surface area contributed by atoms with Gasteiger partial charge in [-0.25, -0.2) is 15.0 Å². The molecule has 0 amide bonds. The maximum Gasteiger partial charge on any atom is 0.225 e. The van der Waals surface area contributed by atoms with E-state index in [0.717, 1.165) is 67.3 Å². The molecule has 0 spiro atoms. The fourth-order valence-corrected chi connectivity index (χ4v) is 4.38. The fourth-order valence-electron chi connectivity index (χ4n) is 4.38. The summed E-state index contributed by atoms with van der Waals surface area (Å²) in [5, 5.41) is 8.17. The summed E-state index contributed by atoms with van der Waals surface area (Å²) in [5.74, 6) is 0.832. The highest BCUT2D eigenvalue weighted by molar-refractivity contribution is 5.95. The number of fused-ring (bicyclic) bond motifs is 5. The van der Waals surface area contributed by atoms with Gasteiger partial charge in [0.05, 0.1) is 11.9 Å². The van der Waals surface area contributed by atoms with E-state index in [9.17, 15) is 0 Å². The predicted molar refractivity (Wildman–Crippen MR) is 111 cm³/mol. The van der Waals surface area contributed by atoms with Gasteiger partial charge in [-0.15, -0.1) is 0 Å². The van der Waals surface area contributed by atoms with Crippen molar-refractivity contribution in [1.82, 2.24) is 30.1 Å². The summed E-state index contributed by atoms with van der Waals surface area (Å²) in [7, 11) is 0. The molecule has 0 atom stereocenters. The number of pyridine rings is 2. The minimum Gasteiger partial charge on any atom is -0.368 e. The van der Waals surface area contributed by atoms with Crippen LogP contribution in [0.1, 0.15) is 11.3 Å². The first-order valence-corrected chi connectivity index (χ1v) is 9.94. The third-order valence-corrected chi connectivity index (χ3v) is 5.91. The number of piperazine rings is 1. The van der Waals surface area contributed by atoms with Crippen LogP contribution >= 0.6 is 0 Å². The van der Waals surface area contributed by atoms with E-state index in [1.54, 1.807) is 0 Å². The van der Waals surface area contributed by atoms with E-state index in [2.05, 4.69) is 42.1 Å². The molecular formula is C21H20N8. The van der Waals surface area contributed by atoms with E-state index in [4.69, 9.17) is 9.97 Å². The Balaban J connectivity index is 1.28. The van der Waals surface area contributed by atoms with Crippen molar-refractivity contribution in [2.45, 2.75) is 12.8 Å². The van der Waals surface area contributed by atoms with Gasteiger partial charge in [0.25, 0.3) is 0 Å². The molecule has 0 unspecified atom stereocenters. The van der Waals surface area contributed by atoms with E-state index in [-0.39, 0.29) is 0 Å². The van der Waals surface area contributed by atoms with Crippen molar-refractivity contribution in [2.75, 3.05) is 36.0 Å². The molecule has 5 heterocycles. The van der Waals surface area contributed by atoms with Crippen molar-refractivity contribution >= 4 is 22.7 Å². The summed E-state index contributed by atoms with van der Waals surface area (Å²) in [6.45, 7) is 3.73. The lowest BCUT2D eigenvalue weighted by Gasteiger charge is -2.36. The lowest BCUT2D eigenvalue weighted by molar-refractivity contribution is 0.637. The van der Waals surface area contributed by atoms with E-state index in [1.165, 1.54) is 16.8 Å². The second-order valence-corrected chi connectivity index (χ2v) is 7.50. The maximum absolute atomic E-state index is 4.96. The van der Waals surface area contributed by atoms with Crippen LogP contribution in [-0.4, -0.2) is 56.3 Å². The Bertz CT molecular complexity index is 1180. The summed E-state index contributed by atoms with van der Waals surface area (Å²) in [6, 6.07) is 4.13. The van der Waals surface area contributed by atoms with Gasteiger partial charge in [-0.2, -0.15) is 5.10 Å². The van der Waals surface area contributed by atoms with E-state index in [1.807, 2.05) is 31.0 Å². The van der Waals surface area contributed by atoms with Crippen LogP contribution in [-0.2, 0) is 12.8 Å². The molecule has 29 heavy (non-hydrogen) atoms. The van der Waals surface area contributed by atoms with Gasteiger partial charge in [-0.05, 0) is 30.5 Å². The molecule has 4 aromatic rings. The van der Waals surface area contributed by atoms with Crippen molar-refractivity contribution < 1.29 is 0 Å². The summed E-state index contributed by atoms with van der Waals surface area (Å²) >= 11 is 0. The second-order valence-electron chi connectivity index (χ2n) is 7.50. The standard InChI is InChI=1S/C21H20N8/c1-2-18-16(19-14(1)11-23-20-17(19)13-25-27-20)12-24-21(26-18)29-9-7-28(8-10-29)15-3-5-22-6-4-15/h3-6,11-13H,1-2,7-10H2,(H,23,25,27). The van der Waals surface area contributed by atoms with Crippen LogP contribution in [0.2, 0.25) is 0 Å². The Labute approximate surface area is 167 Å². The van der Waals surface area contributed by atoms with Gasteiger partial charge in [-0.3, -0.25) is 10.1 Å². The second kappa shape index (κ2) is 6.51. The molecule has 8 heteroatoms. The minimum absolute atomic E-state index is 0.813. The Morgan fingerprint density at radius 1 is 0.862 bits per heavy atom.